The number of carbonyl (C=O) groups excluding carboxylic acids is 2. The van der Waals surface area contributed by atoms with Gasteiger partial charge in [0.15, 0.2) is 5.78 Å². The molecular formula is C11H9BrFNO2. The first kappa shape index (κ1) is 11.3. The van der Waals surface area contributed by atoms with Crippen molar-refractivity contribution in [1.82, 2.24) is 0 Å². The Morgan fingerprint density at radius 1 is 1.56 bits per heavy atom. The van der Waals surface area contributed by atoms with Gasteiger partial charge in [-0.1, -0.05) is 15.9 Å². The number of halogens is 2. The molecule has 2 rings (SSSR count). The zero-order valence-electron chi connectivity index (χ0n) is 8.51. The fourth-order valence-corrected chi connectivity index (χ4v) is 1.94. The molecule has 3 nitrogen and oxygen atoms in total. The second-order valence-corrected chi connectivity index (χ2v) is 5.07. The number of carbonyl (C=O) groups is 2. The summed E-state index contributed by atoms with van der Waals surface area (Å²) in [6.45, 7) is 1.68. The van der Waals surface area contributed by atoms with Gasteiger partial charge in [-0.2, -0.15) is 0 Å². The molecule has 0 saturated heterocycles. The lowest BCUT2D eigenvalue weighted by Crippen LogP contribution is -2.10. The predicted octanol–water partition coefficient (Wildman–Crippen LogP) is 2.29. The van der Waals surface area contributed by atoms with Crippen LogP contribution in [0.15, 0.2) is 12.1 Å². The van der Waals surface area contributed by atoms with Crippen LogP contribution in [0.5, 0.6) is 0 Å². The van der Waals surface area contributed by atoms with Gasteiger partial charge in [-0.3, -0.25) is 9.59 Å². The number of anilines is 1. The Labute approximate surface area is 100 Å². The van der Waals surface area contributed by atoms with Gasteiger partial charge in [-0.05, 0) is 24.6 Å². The van der Waals surface area contributed by atoms with E-state index in [0.29, 0.717) is 5.56 Å². The minimum Gasteiger partial charge on any atom is -0.323 e. The van der Waals surface area contributed by atoms with Crippen molar-refractivity contribution in [2.45, 2.75) is 18.2 Å². The number of fused-ring (bicyclic) bond motifs is 1. The Morgan fingerprint density at radius 2 is 2.25 bits per heavy atom. The molecule has 0 spiro atoms. The number of ketones is 1. The number of amides is 1. The molecule has 1 heterocycles. The van der Waals surface area contributed by atoms with Crippen molar-refractivity contribution >= 4 is 33.3 Å². The average Bonchev–Trinajstić information content (AvgIpc) is 2.57. The van der Waals surface area contributed by atoms with Crippen molar-refractivity contribution in [2.24, 2.45) is 0 Å². The van der Waals surface area contributed by atoms with Crippen LogP contribution < -0.4 is 5.32 Å². The van der Waals surface area contributed by atoms with E-state index in [0.717, 1.165) is 6.07 Å². The molecule has 5 heteroatoms. The summed E-state index contributed by atoms with van der Waals surface area (Å²) in [4.78, 5) is 22.4. The quantitative estimate of drug-likeness (QED) is 0.669. The van der Waals surface area contributed by atoms with Crippen LogP contribution in [0.25, 0.3) is 0 Å². The molecule has 0 saturated carbocycles. The molecule has 1 aromatic carbocycles. The lowest BCUT2D eigenvalue weighted by Gasteiger charge is -2.06. The predicted molar refractivity (Wildman–Crippen MR) is 61.5 cm³/mol. The first-order valence-electron chi connectivity index (χ1n) is 4.79. The van der Waals surface area contributed by atoms with E-state index < -0.39 is 5.82 Å². The van der Waals surface area contributed by atoms with Gasteiger partial charge >= 0.3 is 0 Å². The van der Waals surface area contributed by atoms with Gasteiger partial charge < -0.3 is 5.32 Å². The molecule has 0 radical (unpaired) electrons. The molecule has 84 valence electrons. The molecule has 0 bridgehead atoms. The fraction of sp³-hybridized carbons (Fsp3) is 0.273. The van der Waals surface area contributed by atoms with Crippen LogP contribution in [0.2, 0.25) is 0 Å². The molecule has 0 aliphatic carbocycles. The summed E-state index contributed by atoms with van der Waals surface area (Å²) in [7, 11) is 0. The van der Waals surface area contributed by atoms with E-state index >= 15 is 0 Å². The Bertz CT molecular complexity index is 485. The molecule has 0 aromatic heterocycles. The maximum atomic E-state index is 13.6. The summed E-state index contributed by atoms with van der Waals surface area (Å²) in [6, 6.07) is 2.72. The number of alkyl halides is 1. The second-order valence-electron chi connectivity index (χ2n) is 3.70. The third-order valence-electron chi connectivity index (χ3n) is 2.43. The number of hydrogen-bond acceptors (Lipinski definition) is 2. The van der Waals surface area contributed by atoms with Gasteiger partial charge in [0, 0.05) is 5.56 Å². The summed E-state index contributed by atoms with van der Waals surface area (Å²) >= 11 is 3.14. The molecule has 16 heavy (non-hydrogen) atoms. The van der Waals surface area contributed by atoms with E-state index in [1.807, 2.05) is 0 Å². The fourth-order valence-electron chi connectivity index (χ4n) is 1.67. The standard InChI is InChI=1S/C11H9BrFNO2/c1-5(12)11(16)7-2-6-4-9(15)14-10(6)8(13)3-7/h2-3,5H,4H2,1H3,(H,14,15). The molecule has 1 unspecified atom stereocenters. The zero-order chi connectivity index (χ0) is 11.9. The van der Waals surface area contributed by atoms with Crippen LogP contribution in [0, 0.1) is 5.82 Å². The van der Waals surface area contributed by atoms with Crippen LogP contribution in [-0.2, 0) is 11.2 Å². The minimum absolute atomic E-state index is 0.129. The smallest absolute Gasteiger partial charge is 0.228 e. The highest BCUT2D eigenvalue weighted by Crippen LogP contribution is 2.28. The van der Waals surface area contributed by atoms with Crippen LogP contribution in [0.3, 0.4) is 0 Å². The second kappa shape index (κ2) is 3.97. The Balaban J connectivity index is 2.46. The average molecular weight is 286 g/mol. The maximum absolute atomic E-state index is 13.6. The molecule has 1 atom stereocenters. The SMILES string of the molecule is CC(Br)C(=O)c1cc(F)c2c(c1)CC(=O)N2. The van der Waals surface area contributed by atoms with Crippen LogP contribution >= 0.6 is 15.9 Å². The number of hydrogen-bond donors (Lipinski definition) is 1. The number of benzene rings is 1. The van der Waals surface area contributed by atoms with E-state index in [9.17, 15) is 14.0 Å². The highest BCUT2D eigenvalue weighted by atomic mass is 79.9. The summed E-state index contributed by atoms with van der Waals surface area (Å²) in [5, 5.41) is 2.42. The first-order valence-corrected chi connectivity index (χ1v) is 5.71. The van der Waals surface area contributed by atoms with Crippen molar-refractivity contribution in [2.75, 3.05) is 5.32 Å². The largest absolute Gasteiger partial charge is 0.323 e. The molecule has 1 aliphatic rings. The highest BCUT2D eigenvalue weighted by molar-refractivity contribution is 9.10. The molecule has 1 N–H and O–H groups in total. The summed E-state index contributed by atoms with van der Waals surface area (Å²) in [6.07, 6.45) is 0.129. The molecular weight excluding hydrogens is 277 g/mol. The molecule has 1 amide bonds. The Morgan fingerprint density at radius 3 is 2.88 bits per heavy atom. The van der Waals surface area contributed by atoms with Crippen LogP contribution in [0.1, 0.15) is 22.8 Å². The minimum atomic E-state index is -0.556. The summed E-state index contributed by atoms with van der Waals surface area (Å²) < 4.78 is 13.6. The van der Waals surface area contributed by atoms with Crippen molar-refractivity contribution in [1.29, 1.82) is 0 Å². The number of nitrogens with one attached hydrogen (secondary N) is 1. The Hall–Kier alpha value is -1.23. The van der Waals surface area contributed by atoms with Crippen molar-refractivity contribution in [3.8, 4) is 0 Å². The third kappa shape index (κ3) is 1.87. The van der Waals surface area contributed by atoms with Crippen molar-refractivity contribution in [3.63, 3.8) is 0 Å². The van der Waals surface area contributed by atoms with E-state index in [1.54, 1.807) is 13.0 Å². The molecule has 1 aliphatic heterocycles. The normalized spacial score (nSPS) is 15.6. The number of rotatable bonds is 2. The summed E-state index contributed by atoms with van der Waals surface area (Å²) in [5.41, 5.74) is 1.03. The van der Waals surface area contributed by atoms with E-state index in [-0.39, 0.29) is 34.2 Å². The van der Waals surface area contributed by atoms with Crippen molar-refractivity contribution < 1.29 is 14.0 Å². The highest BCUT2D eigenvalue weighted by Gasteiger charge is 2.24. The van der Waals surface area contributed by atoms with Crippen LogP contribution in [-0.4, -0.2) is 16.5 Å². The van der Waals surface area contributed by atoms with Gasteiger partial charge in [-0.15, -0.1) is 0 Å². The Kier molecular flexibility index (Phi) is 2.80. The van der Waals surface area contributed by atoms with Crippen LogP contribution in [0.4, 0.5) is 10.1 Å². The first-order chi connectivity index (χ1) is 7.49. The lowest BCUT2D eigenvalue weighted by molar-refractivity contribution is -0.115. The van der Waals surface area contributed by atoms with E-state index in [4.69, 9.17) is 0 Å². The molecule has 1 aromatic rings. The monoisotopic (exact) mass is 285 g/mol. The maximum Gasteiger partial charge on any atom is 0.228 e. The van der Waals surface area contributed by atoms with E-state index in [2.05, 4.69) is 21.2 Å². The van der Waals surface area contributed by atoms with E-state index in [1.165, 1.54) is 0 Å². The van der Waals surface area contributed by atoms with Gasteiger partial charge in [0.1, 0.15) is 5.82 Å². The topological polar surface area (TPSA) is 46.2 Å². The molecule has 0 fully saturated rings. The van der Waals surface area contributed by atoms with Gasteiger partial charge in [0.05, 0.1) is 16.9 Å². The van der Waals surface area contributed by atoms with Crippen molar-refractivity contribution in [3.05, 3.63) is 29.1 Å². The zero-order valence-corrected chi connectivity index (χ0v) is 10.1. The lowest BCUT2D eigenvalue weighted by atomic mass is 10.0. The van der Waals surface area contributed by atoms with Gasteiger partial charge in [0.25, 0.3) is 0 Å². The van der Waals surface area contributed by atoms with Gasteiger partial charge in [-0.25, -0.2) is 4.39 Å². The number of Topliss-reactive ketones (excluding diaryl/α,β-unsaturated/α-hetero) is 1. The summed E-state index contributed by atoms with van der Waals surface area (Å²) in [5.74, 6) is -0.994. The third-order valence-corrected chi connectivity index (χ3v) is 2.85. The van der Waals surface area contributed by atoms with Gasteiger partial charge in [0.2, 0.25) is 5.91 Å².